The van der Waals surface area contributed by atoms with Crippen LogP contribution < -0.4 is 0 Å². The normalized spacial score (nSPS) is 17.9. The number of carbonyl (C=O) groups excluding carboxylic acids is 1. The molecule has 1 aliphatic heterocycles. The van der Waals surface area contributed by atoms with Crippen LogP contribution in [0.3, 0.4) is 0 Å². The number of rotatable bonds is 5. The molecule has 2 aromatic rings. The number of aromatic nitrogens is 3. The maximum Gasteiger partial charge on any atom is 0.276 e. The predicted molar refractivity (Wildman–Crippen MR) is 90.8 cm³/mol. The molecule has 3 rings (SSSR count). The van der Waals surface area contributed by atoms with E-state index in [1.54, 1.807) is 18.0 Å². The van der Waals surface area contributed by atoms with Crippen LogP contribution in [0.25, 0.3) is 0 Å². The Balaban J connectivity index is 1.66. The van der Waals surface area contributed by atoms with E-state index in [1.807, 2.05) is 17.0 Å². The molecule has 1 aromatic heterocycles. The lowest BCUT2D eigenvalue weighted by Gasteiger charge is -2.31. The maximum absolute atomic E-state index is 12.7. The summed E-state index contributed by atoms with van der Waals surface area (Å²) in [5.74, 6) is 0.376. The van der Waals surface area contributed by atoms with Crippen LogP contribution in [0, 0.1) is 12.8 Å². The Morgan fingerprint density at radius 1 is 1.38 bits per heavy atom. The summed E-state index contributed by atoms with van der Waals surface area (Å²) in [4.78, 5) is 14.5. The van der Waals surface area contributed by atoms with E-state index in [0.717, 1.165) is 25.9 Å². The van der Waals surface area contributed by atoms with Crippen LogP contribution in [0.2, 0.25) is 0 Å². The van der Waals surface area contributed by atoms with Gasteiger partial charge in [-0.2, -0.15) is 0 Å². The van der Waals surface area contributed by atoms with E-state index in [-0.39, 0.29) is 5.91 Å². The molecule has 2 heterocycles. The molecule has 0 radical (unpaired) electrons. The molecule has 1 aromatic carbocycles. The van der Waals surface area contributed by atoms with Gasteiger partial charge in [-0.1, -0.05) is 29.5 Å². The Bertz CT molecular complexity index is 696. The fourth-order valence-corrected chi connectivity index (χ4v) is 3.22. The quantitative estimate of drug-likeness (QED) is 0.844. The van der Waals surface area contributed by atoms with Crippen molar-refractivity contribution in [3.8, 4) is 0 Å². The lowest BCUT2D eigenvalue weighted by atomic mass is 9.99. The molecule has 1 amide bonds. The number of ether oxygens (including phenoxy) is 1. The van der Waals surface area contributed by atoms with Crippen molar-refractivity contribution in [2.24, 2.45) is 5.92 Å². The van der Waals surface area contributed by atoms with Gasteiger partial charge in [0.1, 0.15) is 0 Å². The van der Waals surface area contributed by atoms with E-state index < -0.39 is 0 Å². The minimum absolute atomic E-state index is 0.0353. The number of hydrogen-bond donors (Lipinski definition) is 0. The second-order valence-corrected chi connectivity index (χ2v) is 6.44. The zero-order valence-electron chi connectivity index (χ0n) is 14.3. The van der Waals surface area contributed by atoms with E-state index >= 15 is 0 Å². The summed E-state index contributed by atoms with van der Waals surface area (Å²) in [5.41, 5.74) is 2.81. The Labute approximate surface area is 142 Å². The number of piperidine rings is 1. The number of amides is 1. The monoisotopic (exact) mass is 328 g/mol. The molecule has 0 saturated carbocycles. The fraction of sp³-hybridized carbons (Fsp3) is 0.500. The van der Waals surface area contributed by atoms with Crippen molar-refractivity contribution in [2.75, 3.05) is 26.8 Å². The van der Waals surface area contributed by atoms with Crippen LogP contribution in [0.1, 0.15) is 34.5 Å². The molecular formula is C18H24N4O2. The Morgan fingerprint density at radius 3 is 3.00 bits per heavy atom. The van der Waals surface area contributed by atoms with Gasteiger partial charge in [0.15, 0.2) is 5.69 Å². The number of aryl methyl sites for hydroxylation is 1. The standard InChI is InChI=1S/C18H24N4O2/c1-14-6-3-4-8-16(14)11-22-12-17(19-20-22)18(23)21-9-5-7-15(10-21)13-24-2/h3-4,6,8,12,15H,5,7,9-11,13H2,1-2H3/t15-/m0/s1. The van der Waals surface area contributed by atoms with Crippen molar-refractivity contribution in [3.63, 3.8) is 0 Å². The van der Waals surface area contributed by atoms with Crippen molar-refractivity contribution in [1.29, 1.82) is 0 Å². The fourth-order valence-electron chi connectivity index (χ4n) is 3.22. The first-order valence-corrected chi connectivity index (χ1v) is 8.40. The number of hydrogen-bond acceptors (Lipinski definition) is 4. The third-order valence-corrected chi connectivity index (χ3v) is 4.56. The molecular weight excluding hydrogens is 304 g/mol. The van der Waals surface area contributed by atoms with Crippen molar-refractivity contribution >= 4 is 5.91 Å². The van der Waals surface area contributed by atoms with Crippen molar-refractivity contribution in [2.45, 2.75) is 26.3 Å². The first-order valence-electron chi connectivity index (χ1n) is 8.40. The summed E-state index contributed by atoms with van der Waals surface area (Å²) in [5, 5.41) is 8.20. The highest BCUT2D eigenvalue weighted by molar-refractivity contribution is 5.92. The summed E-state index contributed by atoms with van der Waals surface area (Å²) in [6, 6.07) is 8.16. The van der Waals surface area contributed by atoms with Crippen LogP contribution in [-0.4, -0.2) is 52.6 Å². The van der Waals surface area contributed by atoms with E-state index in [1.165, 1.54) is 11.1 Å². The van der Waals surface area contributed by atoms with Gasteiger partial charge < -0.3 is 9.64 Å². The van der Waals surface area contributed by atoms with Gasteiger partial charge in [-0.15, -0.1) is 5.10 Å². The first-order chi connectivity index (χ1) is 11.7. The summed E-state index contributed by atoms with van der Waals surface area (Å²) in [6.45, 7) is 4.91. The zero-order chi connectivity index (χ0) is 16.9. The summed E-state index contributed by atoms with van der Waals surface area (Å²) >= 11 is 0. The molecule has 24 heavy (non-hydrogen) atoms. The molecule has 1 fully saturated rings. The number of methoxy groups -OCH3 is 1. The van der Waals surface area contributed by atoms with Gasteiger partial charge in [-0.05, 0) is 36.8 Å². The lowest BCUT2D eigenvalue weighted by Crippen LogP contribution is -2.41. The van der Waals surface area contributed by atoms with E-state index in [2.05, 4.69) is 29.4 Å². The Kier molecular flexibility index (Phi) is 5.25. The molecule has 0 bridgehead atoms. The van der Waals surface area contributed by atoms with E-state index in [4.69, 9.17) is 4.74 Å². The lowest BCUT2D eigenvalue weighted by molar-refractivity contribution is 0.0565. The molecule has 1 atom stereocenters. The molecule has 0 spiro atoms. The Hall–Kier alpha value is -2.21. The molecule has 128 valence electrons. The average molecular weight is 328 g/mol. The molecule has 1 aliphatic rings. The molecule has 6 heteroatoms. The van der Waals surface area contributed by atoms with Crippen LogP contribution in [0.5, 0.6) is 0 Å². The van der Waals surface area contributed by atoms with Gasteiger partial charge in [0, 0.05) is 20.2 Å². The predicted octanol–water partition coefficient (Wildman–Crippen LogP) is 2.13. The molecule has 0 unspecified atom stereocenters. The van der Waals surface area contributed by atoms with Crippen LogP contribution in [0.15, 0.2) is 30.5 Å². The van der Waals surface area contributed by atoms with E-state index in [9.17, 15) is 4.79 Å². The van der Waals surface area contributed by atoms with Gasteiger partial charge in [-0.25, -0.2) is 4.68 Å². The van der Waals surface area contributed by atoms with E-state index in [0.29, 0.717) is 24.8 Å². The third-order valence-electron chi connectivity index (χ3n) is 4.56. The van der Waals surface area contributed by atoms with Crippen molar-refractivity contribution < 1.29 is 9.53 Å². The van der Waals surface area contributed by atoms with Gasteiger partial charge in [0.2, 0.25) is 0 Å². The highest BCUT2D eigenvalue weighted by Gasteiger charge is 2.26. The molecule has 0 N–H and O–H groups in total. The summed E-state index contributed by atoms with van der Waals surface area (Å²) in [6.07, 6.45) is 3.86. The number of likely N-dealkylation sites (tertiary alicyclic amines) is 1. The largest absolute Gasteiger partial charge is 0.384 e. The summed E-state index contributed by atoms with van der Waals surface area (Å²) < 4.78 is 6.96. The SMILES string of the molecule is COC[C@H]1CCCN(C(=O)c2cn(Cc3ccccc3C)nn2)C1. The highest BCUT2D eigenvalue weighted by atomic mass is 16.5. The third kappa shape index (κ3) is 3.82. The highest BCUT2D eigenvalue weighted by Crippen LogP contribution is 2.18. The second kappa shape index (κ2) is 7.57. The molecule has 0 aliphatic carbocycles. The second-order valence-electron chi connectivity index (χ2n) is 6.44. The molecule has 1 saturated heterocycles. The number of benzene rings is 1. The van der Waals surface area contributed by atoms with Crippen molar-refractivity contribution in [3.05, 3.63) is 47.3 Å². The maximum atomic E-state index is 12.7. The first kappa shape index (κ1) is 16.6. The van der Waals surface area contributed by atoms with Crippen LogP contribution >= 0.6 is 0 Å². The van der Waals surface area contributed by atoms with Crippen LogP contribution in [-0.2, 0) is 11.3 Å². The minimum Gasteiger partial charge on any atom is -0.384 e. The zero-order valence-corrected chi connectivity index (χ0v) is 14.3. The topological polar surface area (TPSA) is 60.2 Å². The number of carbonyl (C=O) groups is 1. The summed E-state index contributed by atoms with van der Waals surface area (Å²) in [7, 11) is 1.71. The number of nitrogens with zero attached hydrogens (tertiary/aromatic N) is 4. The Morgan fingerprint density at radius 2 is 2.21 bits per heavy atom. The van der Waals surface area contributed by atoms with Gasteiger partial charge >= 0.3 is 0 Å². The van der Waals surface area contributed by atoms with Crippen molar-refractivity contribution in [1.82, 2.24) is 19.9 Å². The van der Waals surface area contributed by atoms with Gasteiger partial charge in [0.25, 0.3) is 5.91 Å². The average Bonchev–Trinajstić information content (AvgIpc) is 3.05. The molecule has 6 nitrogen and oxygen atoms in total. The van der Waals surface area contributed by atoms with Crippen LogP contribution in [0.4, 0.5) is 0 Å². The minimum atomic E-state index is -0.0353. The van der Waals surface area contributed by atoms with Gasteiger partial charge in [-0.3, -0.25) is 4.79 Å². The van der Waals surface area contributed by atoms with Gasteiger partial charge in [0.05, 0.1) is 19.3 Å². The smallest absolute Gasteiger partial charge is 0.276 e.